The second kappa shape index (κ2) is 12.7. The van der Waals surface area contributed by atoms with Crippen LogP contribution in [0.1, 0.15) is 16.7 Å². The highest BCUT2D eigenvalue weighted by atomic mass is 35.5. The van der Waals surface area contributed by atoms with Crippen molar-refractivity contribution in [3.8, 4) is 17.2 Å². The van der Waals surface area contributed by atoms with Gasteiger partial charge in [-0.05, 0) is 48.4 Å². The van der Waals surface area contributed by atoms with Crippen LogP contribution in [0.15, 0.2) is 60.7 Å². The Morgan fingerprint density at radius 1 is 0.806 bits per heavy atom. The molecule has 0 saturated heterocycles. The monoisotopic (exact) mass is 481 g/mol. The maximum Gasteiger partial charge on any atom is 0.180 e. The van der Waals surface area contributed by atoms with Gasteiger partial charge in [-0.2, -0.15) is 0 Å². The quantitative estimate of drug-likeness (QED) is 0.342. The zero-order valence-electron chi connectivity index (χ0n) is 17.5. The third kappa shape index (κ3) is 6.94. The Hall–Kier alpha value is -2.11. The molecule has 0 aliphatic carbocycles. The minimum Gasteiger partial charge on any atom is -0.496 e. The minimum absolute atomic E-state index is 0. The highest BCUT2D eigenvalue weighted by Gasteiger charge is 2.13. The standard InChI is InChI=1S/C24H25Cl2NO3.ClH/c1-28-22-10-6-4-7-18(22)11-12-27-15-17-13-21(26)24(23(14-17)29-2)30-16-19-8-3-5-9-20(19)25;/h3-10,13-14,27H,11-12,15-16H2,1-2H3;1H. The number of nitrogens with one attached hydrogen (secondary N) is 1. The Labute approximate surface area is 199 Å². The first-order valence-corrected chi connectivity index (χ1v) is 10.4. The van der Waals surface area contributed by atoms with E-state index < -0.39 is 0 Å². The molecular formula is C24H26Cl3NO3. The summed E-state index contributed by atoms with van der Waals surface area (Å²) in [5.41, 5.74) is 3.08. The molecule has 3 aromatic carbocycles. The highest BCUT2D eigenvalue weighted by Crippen LogP contribution is 2.37. The maximum atomic E-state index is 6.49. The van der Waals surface area contributed by atoms with Crippen molar-refractivity contribution < 1.29 is 14.2 Å². The molecule has 0 spiro atoms. The molecule has 4 nitrogen and oxygen atoms in total. The van der Waals surface area contributed by atoms with Crippen LogP contribution in [-0.4, -0.2) is 20.8 Å². The molecule has 0 bridgehead atoms. The molecule has 31 heavy (non-hydrogen) atoms. The second-order valence-corrected chi connectivity index (χ2v) is 7.54. The molecule has 3 rings (SSSR count). The zero-order valence-corrected chi connectivity index (χ0v) is 19.8. The number of halogens is 3. The lowest BCUT2D eigenvalue weighted by Crippen LogP contribution is -2.17. The van der Waals surface area contributed by atoms with Gasteiger partial charge >= 0.3 is 0 Å². The van der Waals surface area contributed by atoms with Gasteiger partial charge in [0.1, 0.15) is 12.4 Å². The average Bonchev–Trinajstić information content (AvgIpc) is 2.77. The summed E-state index contributed by atoms with van der Waals surface area (Å²) in [5.74, 6) is 2.01. The topological polar surface area (TPSA) is 39.7 Å². The third-order valence-corrected chi connectivity index (χ3v) is 5.36. The van der Waals surface area contributed by atoms with Gasteiger partial charge in [0.25, 0.3) is 0 Å². The van der Waals surface area contributed by atoms with E-state index in [4.69, 9.17) is 37.4 Å². The van der Waals surface area contributed by atoms with Gasteiger partial charge in [-0.3, -0.25) is 0 Å². The Morgan fingerprint density at radius 3 is 2.19 bits per heavy atom. The van der Waals surface area contributed by atoms with Crippen LogP contribution in [0.25, 0.3) is 0 Å². The normalized spacial score (nSPS) is 10.3. The summed E-state index contributed by atoms with van der Waals surface area (Å²) in [6.07, 6.45) is 0.869. The molecule has 0 saturated carbocycles. The van der Waals surface area contributed by atoms with Gasteiger partial charge in [0.2, 0.25) is 0 Å². The summed E-state index contributed by atoms with van der Waals surface area (Å²) in [6.45, 7) is 1.79. The van der Waals surface area contributed by atoms with Crippen molar-refractivity contribution in [2.45, 2.75) is 19.6 Å². The van der Waals surface area contributed by atoms with Crippen molar-refractivity contribution in [2.75, 3.05) is 20.8 Å². The molecule has 0 aliphatic rings. The van der Waals surface area contributed by atoms with Gasteiger partial charge in [0, 0.05) is 17.1 Å². The lowest BCUT2D eigenvalue weighted by atomic mass is 10.1. The first-order chi connectivity index (χ1) is 14.6. The van der Waals surface area contributed by atoms with Crippen molar-refractivity contribution in [1.29, 1.82) is 0 Å². The van der Waals surface area contributed by atoms with E-state index in [9.17, 15) is 0 Å². The van der Waals surface area contributed by atoms with Gasteiger partial charge in [0.15, 0.2) is 11.5 Å². The van der Waals surface area contributed by atoms with Gasteiger partial charge in [0.05, 0.1) is 19.2 Å². The molecule has 3 aromatic rings. The van der Waals surface area contributed by atoms with Crippen molar-refractivity contribution in [3.05, 3.63) is 87.4 Å². The SMILES string of the molecule is COc1ccccc1CCNCc1cc(Cl)c(OCc2ccccc2Cl)c(OC)c1.Cl. The van der Waals surface area contributed by atoms with Crippen LogP contribution >= 0.6 is 35.6 Å². The van der Waals surface area contributed by atoms with E-state index in [2.05, 4.69) is 11.4 Å². The number of hydrogen-bond acceptors (Lipinski definition) is 4. The van der Waals surface area contributed by atoms with Crippen LogP contribution in [-0.2, 0) is 19.6 Å². The lowest BCUT2D eigenvalue weighted by molar-refractivity contribution is 0.284. The fourth-order valence-electron chi connectivity index (χ4n) is 3.15. The summed E-state index contributed by atoms with van der Waals surface area (Å²) in [4.78, 5) is 0. The molecule has 7 heteroatoms. The Balaban J connectivity index is 0.00000341. The second-order valence-electron chi connectivity index (χ2n) is 6.73. The van der Waals surface area contributed by atoms with E-state index >= 15 is 0 Å². The molecule has 0 heterocycles. The fourth-order valence-corrected chi connectivity index (χ4v) is 3.62. The van der Waals surface area contributed by atoms with E-state index in [-0.39, 0.29) is 12.4 Å². The van der Waals surface area contributed by atoms with E-state index in [0.717, 1.165) is 29.8 Å². The zero-order chi connectivity index (χ0) is 21.3. The largest absolute Gasteiger partial charge is 0.496 e. The number of ether oxygens (including phenoxy) is 3. The van der Waals surface area contributed by atoms with Gasteiger partial charge < -0.3 is 19.5 Å². The predicted molar refractivity (Wildman–Crippen MR) is 129 cm³/mol. The van der Waals surface area contributed by atoms with Crippen LogP contribution in [0.4, 0.5) is 0 Å². The Kier molecular flexibility index (Phi) is 10.3. The summed E-state index contributed by atoms with van der Waals surface area (Å²) in [6, 6.07) is 19.4. The molecule has 0 aromatic heterocycles. The molecule has 166 valence electrons. The van der Waals surface area contributed by atoms with E-state index in [1.807, 2.05) is 54.6 Å². The first kappa shape index (κ1) is 25.2. The summed E-state index contributed by atoms with van der Waals surface area (Å²) in [5, 5.41) is 4.60. The van der Waals surface area contributed by atoms with Crippen LogP contribution in [0.5, 0.6) is 17.2 Å². The van der Waals surface area contributed by atoms with Crippen molar-refractivity contribution >= 4 is 35.6 Å². The maximum absolute atomic E-state index is 6.49. The van der Waals surface area contributed by atoms with Crippen molar-refractivity contribution in [1.82, 2.24) is 5.32 Å². The molecule has 1 N–H and O–H groups in total. The minimum atomic E-state index is 0. The fraction of sp³-hybridized carbons (Fsp3) is 0.250. The molecular weight excluding hydrogens is 457 g/mol. The molecule has 0 aliphatic heterocycles. The highest BCUT2D eigenvalue weighted by molar-refractivity contribution is 6.32. The van der Waals surface area contributed by atoms with Crippen LogP contribution in [0.2, 0.25) is 10.0 Å². The van der Waals surface area contributed by atoms with Crippen LogP contribution < -0.4 is 19.5 Å². The van der Waals surface area contributed by atoms with Gasteiger partial charge in [-0.15, -0.1) is 12.4 Å². The van der Waals surface area contributed by atoms with E-state index in [1.54, 1.807) is 14.2 Å². The molecule has 0 amide bonds. The van der Waals surface area contributed by atoms with Crippen molar-refractivity contribution in [2.24, 2.45) is 0 Å². The van der Waals surface area contributed by atoms with Crippen molar-refractivity contribution in [3.63, 3.8) is 0 Å². The number of benzene rings is 3. The first-order valence-electron chi connectivity index (χ1n) is 9.67. The number of rotatable bonds is 10. The molecule has 0 atom stereocenters. The lowest BCUT2D eigenvalue weighted by Gasteiger charge is -2.15. The number of para-hydroxylation sites is 1. The third-order valence-electron chi connectivity index (χ3n) is 4.71. The van der Waals surface area contributed by atoms with Crippen LogP contribution in [0, 0.1) is 0 Å². The average molecular weight is 483 g/mol. The molecule has 0 fully saturated rings. The summed E-state index contributed by atoms with van der Waals surface area (Å²) < 4.78 is 16.8. The van der Waals surface area contributed by atoms with E-state index in [0.29, 0.717) is 34.7 Å². The van der Waals surface area contributed by atoms with Gasteiger partial charge in [-0.25, -0.2) is 0 Å². The molecule has 0 unspecified atom stereocenters. The molecule has 0 radical (unpaired) electrons. The number of methoxy groups -OCH3 is 2. The smallest absolute Gasteiger partial charge is 0.180 e. The Bertz CT molecular complexity index is 982. The predicted octanol–water partition coefficient (Wildman–Crippen LogP) is 6.34. The van der Waals surface area contributed by atoms with E-state index in [1.165, 1.54) is 5.56 Å². The summed E-state index contributed by atoms with van der Waals surface area (Å²) in [7, 11) is 3.29. The Morgan fingerprint density at radius 2 is 1.48 bits per heavy atom. The summed E-state index contributed by atoms with van der Waals surface area (Å²) >= 11 is 12.7. The van der Waals surface area contributed by atoms with Crippen LogP contribution in [0.3, 0.4) is 0 Å². The van der Waals surface area contributed by atoms with Gasteiger partial charge in [-0.1, -0.05) is 59.6 Å². The number of hydrogen-bond donors (Lipinski definition) is 1.